The van der Waals surface area contributed by atoms with E-state index < -0.39 is 6.10 Å². The zero-order valence-electron chi connectivity index (χ0n) is 11.3. The molecule has 0 bridgehead atoms. The number of thiophene rings is 1. The molecule has 0 spiro atoms. The first-order valence-electron chi connectivity index (χ1n) is 6.24. The minimum Gasteiger partial charge on any atom is -0.389 e. The van der Waals surface area contributed by atoms with Gasteiger partial charge in [-0.05, 0) is 43.0 Å². The second-order valence-corrected chi connectivity index (χ2v) is 6.52. The average Bonchev–Trinajstić information content (AvgIpc) is 2.90. The number of rotatable bonds is 4. The molecule has 0 saturated heterocycles. The highest BCUT2D eigenvalue weighted by Gasteiger charge is 2.15. The van der Waals surface area contributed by atoms with Crippen LogP contribution in [-0.4, -0.2) is 12.2 Å². The summed E-state index contributed by atoms with van der Waals surface area (Å²) in [4.78, 5) is 3.58. The summed E-state index contributed by atoms with van der Waals surface area (Å²) in [7, 11) is 2.09. The van der Waals surface area contributed by atoms with Gasteiger partial charge in [-0.2, -0.15) is 0 Å². The minimum absolute atomic E-state index is 0.337. The first-order valence-corrected chi connectivity index (χ1v) is 7.91. The Labute approximate surface area is 126 Å². The molecule has 4 heteroatoms. The zero-order valence-corrected chi connectivity index (χ0v) is 13.7. The molecule has 2 nitrogen and oxygen atoms in total. The van der Waals surface area contributed by atoms with Gasteiger partial charge in [0.1, 0.15) is 0 Å². The van der Waals surface area contributed by atoms with Crippen molar-refractivity contribution in [3.63, 3.8) is 0 Å². The fourth-order valence-corrected chi connectivity index (χ4v) is 3.54. The molecule has 1 N–H and O–H groups in total. The number of hydrogen-bond donors (Lipinski definition) is 1. The highest BCUT2D eigenvalue weighted by atomic mass is 79.9. The molecule has 0 amide bonds. The van der Waals surface area contributed by atoms with Crippen molar-refractivity contribution in [2.45, 2.75) is 26.0 Å². The van der Waals surface area contributed by atoms with E-state index in [9.17, 15) is 5.11 Å². The number of halogens is 1. The third-order valence-electron chi connectivity index (χ3n) is 3.38. The smallest absolute Gasteiger partial charge is 0.0772 e. The Bertz CT molecular complexity index is 539. The van der Waals surface area contributed by atoms with E-state index in [4.69, 9.17) is 0 Å². The molecule has 0 aliphatic heterocycles. The van der Waals surface area contributed by atoms with Gasteiger partial charge in [-0.15, -0.1) is 11.3 Å². The van der Waals surface area contributed by atoms with Crippen LogP contribution in [0.2, 0.25) is 0 Å². The lowest BCUT2D eigenvalue weighted by atomic mass is 10.1. The van der Waals surface area contributed by atoms with Gasteiger partial charge in [-0.1, -0.05) is 28.1 Å². The molecule has 0 radical (unpaired) electrons. The van der Waals surface area contributed by atoms with E-state index in [2.05, 4.69) is 64.4 Å². The van der Waals surface area contributed by atoms with Crippen molar-refractivity contribution < 1.29 is 5.11 Å². The van der Waals surface area contributed by atoms with E-state index in [0.29, 0.717) is 6.04 Å². The lowest BCUT2D eigenvalue weighted by molar-refractivity contribution is 0.198. The fourth-order valence-electron chi connectivity index (χ4n) is 2.02. The molecule has 2 atom stereocenters. The van der Waals surface area contributed by atoms with Crippen molar-refractivity contribution in [1.29, 1.82) is 0 Å². The van der Waals surface area contributed by atoms with E-state index in [1.54, 1.807) is 18.3 Å². The Hall–Kier alpha value is -0.840. The Morgan fingerprint density at radius 3 is 2.53 bits per heavy atom. The lowest BCUT2D eigenvalue weighted by Gasteiger charge is -2.27. The van der Waals surface area contributed by atoms with E-state index >= 15 is 0 Å². The van der Waals surface area contributed by atoms with Crippen molar-refractivity contribution >= 4 is 33.0 Å². The number of hydrogen-bond acceptors (Lipinski definition) is 3. The van der Waals surface area contributed by atoms with Crippen LogP contribution >= 0.6 is 27.3 Å². The molecule has 0 aliphatic carbocycles. The molecule has 0 saturated carbocycles. The number of aliphatic hydroxyl groups is 1. The first-order chi connectivity index (χ1) is 9.00. The van der Waals surface area contributed by atoms with Crippen molar-refractivity contribution in [3.8, 4) is 0 Å². The summed E-state index contributed by atoms with van der Waals surface area (Å²) in [5, 5.41) is 11.8. The summed E-state index contributed by atoms with van der Waals surface area (Å²) in [5.41, 5.74) is 2.05. The van der Waals surface area contributed by atoms with Crippen molar-refractivity contribution in [3.05, 3.63) is 50.6 Å². The van der Waals surface area contributed by atoms with Crippen LogP contribution in [0.4, 0.5) is 5.69 Å². The molecule has 1 aromatic heterocycles. The highest BCUT2D eigenvalue weighted by Crippen LogP contribution is 2.32. The quantitative estimate of drug-likeness (QED) is 0.867. The predicted octanol–water partition coefficient (Wildman–Crippen LogP) is 4.76. The normalized spacial score (nSPS) is 14.2. The van der Waals surface area contributed by atoms with Crippen LogP contribution in [-0.2, 0) is 0 Å². The number of anilines is 1. The molecule has 1 unspecified atom stereocenters. The molecular weight excluding hydrogens is 322 g/mol. The maximum Gasteiger partial charge on any atom is 0.0772 e. The van der Waals surface area contributed by atoms with Crippen LogP contribution in [0.1, 0.15) is 36.4 Å². The molecule has 2 rings (SSSR count). The van der Waals surface area contributed by atoms with Crippen LogP contribution in [0.3, 0.4) is 0 Å². The summed E-state index contributed by atoms with van der Waals surface area (Å²) < 4.78 is 0.949. The van der Waals surface area contributed by atoms with E-state index in [0.717, 1.165) is 15.7 Å². The monoisotopic (exact) mass is 339 g/mol. The van der Waals surface area contributed by atoms with Crippen molar-refractivity contribution in [1.82, 2.24) is 0 Å². The van der Waals surface area contributed by atoms with Crippen LogP contribution in [0.25, 0.3) is 0 Å². The van der Waals surface area contributed by atoms with Crippen LogP contribution in [0, 0.1) is 0 Å². The standard InChI is InChI=1S/C15H18BrNOS/c1-10(15-5-4-8-19-15)17(3)12-6-7-13(11(2)18)14(16)9-12/h4-11,18H,1-3H3/t10?,11-/m1/s1. The third-order valence-corrected chi connectivity index (χ3v) is 5.11. The van der Waals surface area contributed by atoms with Gasteiger partial charge in [0.05, 0.1) is 12.1 Å². The SMILES string of the molecule is CC(c1cccs1)N(C)c1ccc([C@@H](C)O)c(Br)c1. The van der Waals surface area contributed by atoms with Crippen LogP contribution in [0.15, 0.2) is 40.2 Å². The fraction of sp³-hybridized carbons (Fsp3) is 0.333. The van der Waals surface area contributed by atoms with Crippen LogP contribution in [0.5, 0.6) is 0 Å². The Morgan fingerprint density at radius 1 is 1.26 bits per heavy atom. The van der Waals surface area contributed by atoms with E-state index in [-0.39, 0.29) is 0 Å². The van der Waals surface area contributed by atoms with Crippen LogP contribution < -0.4 is 4.90 Å². The summed E-state index contributed by atoms with van der Waals surface area (Å²) in [6.07, 6.45) is -0.455. The maximum atomic E-state index is 9.65. The molecule has 1 heterocycles. The largest absolute Gasteiger partial charge is 0.389 e. The van der Waals surface area contributed by atoms with E-state index in [1.807, 2.05) is 6.07 Å². The van der Waals surface area contributed by atoms with Gasteiger partial charge < -0.3 is 10.0 Å². The van der Waals surface area contributed by atoms with Crippen molar-refractivity contribution in [2.75, 3.05) is 11.9 Å². The third kappa shape index (κ3) is 3.19. The van der Waals surface area contributed by atoms with E-state index in [1.165, 1.54) is 4.88 Å². The average molecular weight is 340 g/mol. The summed E-state index contributed by atoms with van der Waals surface area (Å²) in [6, 6.07) is 10.7. The topological polar surface area (TPSA) is 23.5 Å². The summed E-state index contributed by atoms with van der Waals surface area (Å²) >= 11 is 5.30. The van der Waals surface area contributed by atoms with Gasteiger partial charge in [0, 0.05) is 22.1 Å². The second kappa shape index (κ2) is 6.07. The maximum absolute atomic E-state index is 9.65. The molecule has 0 aliphatic rings. The molecule has 2 aromatic rings. The minimum atomic E-state index is -0.455. The Morgan fingerprint density at radius 2 is 2.00 bits per heavy atom. The summed E-state index contributed by atoms with van der Waals surface area (Å²) in [5.74, 6) is 0. The predicted molar refractivity (Wildman–Crippen MR) is 85.9 cm³/mol. The molecule has 1 aromatic carbocycles. The van der Waals surface area contributed by atoms with Gasteiger partial charge in [-0.3, -0.25) is 0 Å². The number of nitrogens with zero attached hydrogens (tertiary/aromatic N) is 1. The van der Waals surface area contributed by atoms with Gasteiger partial charge in [-0.25, -0.2) is 0 Å². The summed E-state index contributed by atoms with van der Waals surface area (Å²) in [6.45, 7) is 3.97. The molecule has 0 fully saturated rings. The molecule has 19 heavy (non-hydrogen) atoms. The second-order valence-electron chi connectivity index (χ2n) is 4.68. The Kier molecular flexibility index (Phi) is 4.66. The van der Waals surface area contributed by atoms with Gasteiger partial charge in [0.2, 0.25) is 0 Å². The first kappa shape index (κ1) is 14.6. The zero-order chi connectivity index (χ0) is 14.0. The Balaban J connectivity index is 2.24. The van der Waals surface area contributed by atoms with Gasteiger partial charge in [0.25, 0.3) is 0 Å². The van der Waals surface area contributed by atoms with Gasteiger partial charge in [0.15, 0.2) is 0 Å². The highest BCUT2D eigenvalue weighted by molar-refractivity contribution is 9.10. The number of benzene rings is 1. The van der Waals surface area contributed by atoms with Crippen molar-refractivity contribution in [2.24, 2.45) is 0 Å². The molecule has 102 valence electrons. The number of aliphatic hydroxyl groups excluding tert-OH is 1. The molecular formula is C15H18BrNOS. The lowest BCUT2D eigenvalue weighted by Crippen LogP contribution is -2.20. The van der Waals surface area contributed by atoms with Gasteiger partial charge >= 0.3 is 0 Å².